The van der Waals surface area contributed by atoms with Gasteiger partial charge in [0.1, 0.15) is 103 Å². The largest absolute Gasteiger partial charge is 0.508 e. The van der Waals surface area contributed by atoms with Gasteiger partial charge in [-0.25, -0.2) is 0 Å². The van der Waals surface area contributed by atoms with Crippen molar-refractivity contribution in [3.8, 4) is 5.75 Å². The number of hydrogen-bond donors (Lipinski definition) is 43. The van der Waals surface area contributed by atoms with Crippen molar-refractivity contribution in [1.82, 2.24) is 122 Å². The maximum atomic E-state index is 14.7. The Morgan fingerprint density at radius 3 is 0.980 bits per heavy atom. The molecule has 0 saturated carbocycles. The zero-order valence-corrected chi connectivity index (χ0v) is 89.1. The lowest BCUT2D eigenvalue weighted by Gasteiger charge is -2.29. The van der Waals surface area contributed by atoms with Crippen molar-refractivity contribution in [3.05, 3.63) is 65.9 Å². The van der Waals surface area contributed by atoms with Gasteiger partial charge < -0.3 is 172 Å². The summed E-state index contributed by atoms with van der Waals surface area (Å²) in [5.74, 6) is -23.9. The van der Waals surface area contributed by atoms with Gasteiger partial charge in [0.15, 0.2) is 29.8 Å². The smallest absolute Gasteiger partial charge is 0.322 e. The van der Waals surface area contributed by atoms with Gasteiger partial charge in [-0.05, 0) is 125 Å². The second-order valence-electron chi connectivity index (χ2n) is 35.1. The number of carboxylic acids is 1. The Bertz CT molecular complexity index is 5040. The molecule has 1 heterocycles. The van der Waals surface area contributed by atoms with E-state index in [1.807, 2.05) is 18.2 Å². The van der Waals surface area contributed by atoms with Crippen LogP contribution in [0.3, 0.4) is 0 Å². The molecule has 0 unspecified atom stereocenters. The lowest BCUT2D eigenvalue weighted by Crippen LogP contribution is -2.62. The predicted octanol–water partition coefficient (Wildman–Crippen LogP) is -9.70. The number of aromatic hydroxyl groups is 1. The van der Waals surface area contributed by atoms with Crippen molar-refractivity contribution in [1.29, 1.82) is 27.0 Å². The van der Waals surface area contributed by atoms with E-state index in [1.54, 1.807) is 40.0 Å². The van der Waals surface area contributed by atoms with Crippen molar-refractivity contribution >= 4 is 223 Å². The number of benzene rings is 2. The van der Waals surface area contributed by atoms with Crippen LogP contribution in [0.1, 0.15) is 129 Å². The third-order valence-electron chi connectivity index (χ3n) is 22.9. The molecule has 1 aromatic heterocycles. The number of nitrogens with two attached hydrogens (primary N) is 7. The fourth-order valence-electron chi connectivity index (χ4n) is 14.4. The Labute approximate surface area is 900 Å². The molecule has 0 aliphatic rings. The summed E-state index contributed by atoms with van der Waals surface area (Å²) in [6.45, 7) is 5.05. The molecular weight excluding hydrogens is 2070 g/mol. The molecule has 150 heavy (non-hydrogen) atoms. The highest BCUT2D eigenvalue weighted by Gasteiger charge is 2.40. The number of fused-ring (bicyclic) bond motifs is 1. The fourth-order valence-corrected chi connectivity index (χ4v) is 16.0. The standard InChI is InChI=1S/C89H149N35O20S6/c1-5-45(4)68(84(144)122-63(42-149)81(141)116-57(33-46-23-25-48(125)26-24-46)75(135)119-60(39-146)78(138)113-55(21-13-31-105-88(98)99)73(133)117-59(38-145)77(137)111-53(19-11-29-103-86(94)95)71(131)109-37-66(127)128)123-65(126)36-108-70(130)52(18-10-28-102-85(92)93)110-72(132)54(20-12-30-104-87(96)97)112-80(140)62(41-148)121-83(143)67(44(2)3)124-82(142)64(43-150)118-74(134)56(22-14-32-106-89(100)101)114-79(139)61(40-147)120-76(136)58(115-69(129)50(91)16-8-9-27-90)34-47-35-107-51-17-7-6-15-49(47)51/h6-7,15,17,23-26,35,44-45,50,52-64,67-68,107,125,145-150H,5,8-14,16,18-22,27-34,36-43,90-91H2,1-4H3,(H,108,130)(H,109,131)(H,110,132)(H,111,137)(H,112,140)(H,113,138)(H,114,139)(H,115,129)(H,116,141)(H,117,133)(H,118,134)(H,119,135)(H,120,136)(H,121,143)(H,122,144)(H,123,126)(H,124,142)(H,127,128)(H4,92,93,102)(H4,94,95,103)(H4,96,97,104)(H4,98,99,105)(H4,100,101,106)/t45-,50-,52-,53-,54-,55-,56-,57-,58-,59-,60-,61-,62-,63-,64-,67-,68-/m0/s1. The Morgan fingerprint density at radius 1 is 0.340 bits per heavy atom. The minimum atomic E-state index is -1.63. The molecule has 0 aliphatic carbocycles. The highest BCUT2D eigenvalue weighted by Crippen LogP contribution is 2.21. The van der Waals surface area contributed by atoms with Crippen LogP contribution >= 0.6 is 75.8 Å². The van der Waals surface area contributed by atoms with E-state index in [0.717, 1.165) is 10.9 Å². The first-order valence-electron chi connectivity index (χ1n) is 48.2. The summed E-state index contributed by atoms with van der Waals surface area (Å²) in [5.41, 5.74) is 41.1. The molecule has 3 rings (SSSR count). The first kappa shape index (κ1) is 131. The molecule has 44 N–H and O–H groups in total. The molecule has 0 fully saturated rings. The van der Waals surface area contributed by atoms with E-state index in [0.29, 0.717) is 30.5 Å². The molecule has 61 heteroatoms. The van der Waals surface area contributed by atoms with Crippen LogP contribution in [0.25, 0.3) is 10.9 Å². The van der Waals surface area contributed by atoms with Gasteiger partial charge in [0.25, 0.3) is 0 Å². The molecule has 17 amide bonds. The summed E-state index contributed by atoms with van der Waals surface area (Å²) in [5, 5.41) is 114. The average molecular weight is 2220 g/mol. The van der Waals surface area contributed by atoms with Crippen LogP contribution in [-0.2, 0) is 99.1 Å². The van der Waals surface area contributed by atoms with Gasteiger partial charge in [0.05, 0.1) is 12.6 Å². The monoisotopic (exact) mass is 2220 g/mol. The summed E-state index contributed by atoms with van der Waals surface area (Å²) in [6.07, 6.45) is 2.22. The number of phenols is 1. The number of carbonyl (C=O) groups excluding carboxylic acids is 17. The maximum Gasteiger partial charge on any atom is 0.322 e. The number of aliphatic carboxylic acids is 1. The van der Waals surface area contributed by atoms with E-state index in [-0.39, 0.29) is 140 Å². The number of amides is 17. The maximum absolute atomic E-state index is 14.7. The fraction of sp³-hybridized carbons (Fsp3) is 0.584. The van der Waals surface area contributed by atoms with Gasteiger partial charge in [0.2, 0.25) is 100 Å². The second kappa shape index (κ2) is 70.6. The number of unbranched alkanes of at least 4 members (excludes halogenated alkanes) is 1. The summed E-state index contributed by atoms with van der Waals surface area (Å²) in [7, 11) is 0. The number of carboxylic acid groups (broad SMARTS) is 1. The van der Waals surface area contributed by atoms with Crippen LogP contribution in [0, 0.1) is 38.9 Å². The molecule has 0 saturated heterocycles. The number of aromatic nitrogens is 1. The van der Waals surface area contributed by atoms with Crippen LogP contribution in [-0.4, -0.2) is 335 Å². The predicted molar refractivity (Wildman–Crippen MR) is 580 cm³/mol. The van der Waals surface area contributed by atoms with Crippen LogP contribution in [0.4, 0.5) is 0 Å². The van der Waals surface area contributed by atoms with E-state index >= 15 is 0 Å². The van der Waals surface area contributed by atoms with Crippen LogP contribution in [0.15, 0.2) is 54.7 Å². The lowest BCUT2D eigenvalue weighted by molar-refractivity contribution is -0.138. The van der Waals surface area contributed by atoms with Crippen molar-refractivity contribution in [2.45, 2.75) is 227 Å². The van der Waals surface area contributed by atoms with Crippen LogP contribution in [0.2, 0.25) is 0 Å². The number of rotatable bonds is 72. The molecular formula is C89H149N35O20S6. The molecule has 0 radical (unpaired) electrons. The second-order valence-corrected chi connectivity index (χ2v) is 37.3. The van der Waals surface area contributed by atoms with Gasteiger partial charge >= 0.3 is 5.97 Å². The topological polar surface area (TPSA) is 930 Å². The number of guanidine groups is 5. The SMILES string of the molecule is CC[C@H](C)[C@H](NC(=O)CNC(=O)[C@H](CCCNC(=N)N)NC(=O)[C@H](CCCNC(=N)N)NC(=O)[C@H](CS)NC(=O)[C@@H](NC(=O)[C@H](CS)NC(=O)[C@H](CCCNC(=N)N)NC(=O)[C@H](CS)NC(=O)[C@H](Cc1c[nH]c2ccccc12)NC(=O)[C@@H](N)CCCCN)C(C)C)C(=O)N[C@@H](CS)C(=O)N[C@@H](Cc1ccc(O)cc1)C(=O)N[C@@H](CS)C(=O)N[C@@H](CCCNC(=N)N)C(=O)N[C@@H](CS)C(=O)N[C@@H](CCCNC(=N)N)C(=O)NCC(=O)O. The number of hydrogen-bond acceptors (Lipinski definition) is 32. The Hall–Kier alpha value is -13.4. The van der Waals surface area contributed by atoms with Crippen molar-refractivity contribution < 1.29 is 96.5 Å². The third kappa shape index (κ3) is 49.4. The highest BCUT2D eigenvalue weighted by molar-refractivity contribution is 7.81. The highest BCUT2D eigenvalue weighted by atomic mass is 32.1. The number of thiol groups is 6. The average Bonchev–Trinajstić information content (AvgIpc) is 1.66. The number of phenolic OH excluding ortho intramolecular Hbond substituents is 1. The van der Waals surface area contributed by atoms with E-state index in [2.05, 4.69) is 198 Å². The normalized spacial score (nSPS) is 14.4. The first-order chi connectivity index (χ1) is 71.1. The van der Waals surface area contributed by atoms with E-state index < -0.39 is 281 Å². The lowest BCUT2D eigenvalue weighted by atomic mass is 9.98. The van der Waals surface area contributed by atoms with E-state index in [1.165, 1.54) is 24.3 Å². The molecule has 3 aromatic rings. The van der Waals surface area contributed by atoms with Crippen molar-refractivity contribution in [3.63, 3.8) is 0 Å². The van der Waals surface area contributed by atoms with Gasteiger partial charge in [-0.2, -0.15) is 75.8 Å². The van der Waals surface area contributed by atoms with Crippen LogP contribution < -0.4 is 157 Å². The van der Waals surface area contributed by atoms with Crippen molar-refractivity contribution in [2.75, 3.05) is 86.9 Å². The molecule has 17 atom stereocenters. The summed E-state index contributed by atoms with van der Waals surface area (Å²) < 4.78 is 0. The quantitative estimate of drug-likeness (QED) is 0.0108. The molecule has 0 spiro atoms. The zero-order chi connectivity index (χ0) is 112. The van der Waals surface area contributed by atoms with Gasteiger partial charge in [-0.3, -0.25) is 113 Å². The van der Waals surface area contributed by atoms with Crippen molar-refractivity contribution in [2.24, 2.45) is 52.0 Å². The molecule has 2 aromatic carbocycles. The van der Waals surface area contributed by atoms with Gasteiger partial charge in [0, 0.05) is 97.2 Å². The molecule has 836 valence electrons. The van der Waals surface area contributed by atoms with Gasteiger partial charge in [-0.15, -0.1) is 0 Å². The minimum Gasteiger partial charge on any atom is -0.508 e. The summed E-state index contributed by atoms with van der Waals surface area (Å²) in [4.78, 5) is 256. The Balaban J connectivity index is 1.89. The van der Waals surface area contributed by atoms with Crippen LogP contribution in [0.5, 0.6) is 5.75 Å². The van der Waals surface area contributed by atoms with E-state index in [9.17, 15) is 96.5 Å². The number of para-hydroxylation sites is 1. The number of carbonyl (C=O) groups is 18. The Morgan fingerprint density at radius 2 is 0.640 bits per heavy atom. The summed E-state index contributed by atoms with van der Waals surface area (Å²) >= 11 is 25.9. The summed E-state index contributed by atoms with van der Waals surface area (Å²) in [6, 6.07) is -11.0. The number of nitrogens with one attached hydrogen (secondary N) is 28. The number of aromatic amines is 1. The molecule has 55 nitrogen and oxygen atoms in total. The third-order valence-corrected chi connectivity index (χ3v) is 25.1. The minimum absolute atomic E-state index is 0.00481. The molecule has 0 bridgehead atoms. The first-order valence-corrected chi connectivity index (χ1v) is 52.0. The molecule has 0 aliphatic heterocycles. The van der Waals surface area contributed by atoms with Gasteiger partial charge in [-0.1, -0.05) is 70.9 Å². The van der Waals surface area contributed by atoms with E-state index in [4.69, 9.17) is 67.2 Å². The Kier molecular flexibility index (Phi) is 61.5. The number of H-pyrrole nitrogens is 1. The zero-order valence-electron chi connectivity index (χ0n) is 83.8.